The van der Waals surface area contributed by atoms with E-state index in [9.17, 15) is 14.0 Å². The predicted octanol–water partition coefficient (Wildman–Crippen LogP) is 4.38. The lowest BCUT2D eigenvalue weighted by Gasteiger charge is -2.28. The smallest absolute Gasteiger partial charge is 0.234 e. The number of piperidine rings is 1. The molecule has 6 heteroatoms. The Kier molecular flexibility index (Phi) is 5.93. The third kappa shape index (κ3) is 4.64. The molecule has 0 atom stereocenters. The number of hydrogen-bond donors (Lipinski definition) is 1. The van der Waals surface area contributed by atoms with E-state index in [2.05, 4.69) is 5.32 Å². The fourth-order valence-electron chi connectivity index (χ4n) is 2.97. The molecular formula is C20H21FN2O2S. The third-order valence-electron chi connectivity index (χ3n) is 4.28. The van der Waals surface area contributed by atoms with Crippen LogP contribution in [0.4, 0.5) is 15.8 Å². The number of carbonyl (C=O) groups is 2. The maximum atomic E-state index is 12.9. The Morgan fingerprint density at radius 2 is 1.96 bits per heavy atom. The lowest BCUT2D eigenvalue weighted by Crippen LogP contribution is -2.35. The zero-order valence-electron chi connectivity index (χ0n) is 14.6. The lowest BCUT2D eigenvalue weighted by atomic mass is 10.1. The number of hydrogen-bond acceptors (Lipinski definition) is 3. The topological polar surface area (TPSA) is 49.4 Å². The van der Waals surface area contributed by atoms with Gasteiger partial charge in [-0.15, -0.1) is 11.8 Å². The second-order valence-electron chi connectivity index (χ2n) is 6.29. The minimum atomic E-state index is -0.290. The minimum absolute atomic E-state index is 0.125. The molecule has 1 saturated heterocycles. The van der Waals surface area contributed by atoms with Crippen molar-refractivity contribution in [2.75, 3.05) is 22.5 Å². The summed E-state index contributed by atoms with van der Waals surface area (Å²) in [5.74, 6) is -0.00857. The minimum Gasteiger partial charge on any atom is -0.325 e. The summed E-state index contributed by atoms with van der Waals surface area (Å²) in [5, 5.41) is 2.87. The van der Waals surface area contributed by atoms with Crippen LogP contribution in [0.1, 0.15) is 24.8 Å². The summed E-state index contributed by atoms with van der Waals surface area (Å²) in [6.07, 6.45) is 2.57. The first-order valence-electron chi connectivity index (χ1n) is 8.62. The fraction of sp³-hybridized carbons (Fsp3) is 0.300. The average Bonchev–Trinajstić information content (AvgIpc) is 2.62. The first-order valence-corrected chi connectivity index (χ1v) is 9.61. The second-order valence-corrected chi connectivity index (χ2v) is 7.34. The number of nitrogens with one attached hydrogen (secondary N) is 1. The largest absolute Gasteiger partial charge is 0.325 e. The number of anilines is 2. The molecule has 1 heterocycles. The summed E-state index contributed by atoms with van der Waals surface area (Å²) in [7, 11) is 0. The van der Waals surface area contributed by atoms with Gasteiger partial charge in [-0.1, -0.05) is 0 Å². The van der Waals surface area contributed by atoms with Crippen molar-refractivity contribution in [3.05, 3.63) is 53.8 Å². The van der Waals surface area contributed by atoms with E-state index in [4.69, 9.17) is 0 Å². The first-order chi connectivity index (χ1) is 12.5. The van der Waals surface area contributed by atoms with Crippen LogP contribution < -0.4 is 10.2 Å². The van der Waals surface area contributed by atoms with E-state index < -0.39 is 0 Å². The number of halogens is 1. The second kappa shape index (κ2) is 8.36. The molecule has 4 nitrogen and oxygen atoms in total. The summed E-state index contributed by atoms with van der Waals surface area (Å²) >= 11 is 1.36. The van der Waals surface area contributed by atoms with Gasteiger partial charge in [0.05, 0.1) is 5.75 Å². The summed E-state index contributed by atoms with van der Waals surface area (Å²) in [4.78, 5) is 26.9. The molecule has 0 aromatic heterocycles. The van der Waals surface area contributed by atoms with Gasteiger partial charge in [0, 0.05) is 29.2 Å². The zero-order valence-corrected chi connectivity index (χ0v) is 15.4. The Hall–Kier alpha value is -2.34. The number of carbonyl (C=O) groups excluding carboxylic acids is 2. The fourth-order valence-corrected chi connectivity index (χ4v) is 3.67. The molecule has 0 saturated carbocycles. The number of benzene rings is 2. The molecule has 2 amide bonds. The van der Waals surface area contributed by atoms with Crippen molar-refractivity contribution in [1.29, 1.82) is 0 Å². The predicted molar refractivity (Wildman–Crippen MR) is 103 cm³/mol. The van der Waals surface area contributed by atoms with Crippen LogP contribution in [0.3, 0.4) is 0 Å². The summed E-state index contributed by atoms with van der Waals surface area (Å²) < 4.78 is 12.9. The maximum absolute atomic E-state index is 12.9. The third-order valence-corrected chi connectivity index (χ3v) is 5.29. The summed E-state index contributed by atoms with van der Waals surface area (Å²) in [6, 6.07) is 11.7. The normalized spacial score (nSPS) is 14.4. The molecule has 3 rings (SSSR count). The van der Waals surface area contributed by atoms with Gasteiger partial charge in [-0.3, -0.25) is 9.59 Å². The van der Waals surface area contributed by atoms with Gasteiger partial charge in [-0.05, 0) is 67.8 Å². The molecule has 1 aliphatic heterocycles. The Labute approximate surface area is 156 Å². The average molecular weight is 372 g/mol. The maximum Gasteiger partial charge on any atom is 0.234 e. The number of nitrogens with zero attached hydrogens (tertiary/aromatic N) is 1. The van der Waals surface area contributed by atoms with Crippen LogP contribution in [0, 0.1) is 12.7 Å². The number of amides is 2. The van der Waals surface area contributed by atoms with Crippen LogP contribution in [-0.4, -0.2) is 24.1 Å². The van der Waals surface area contributed by atoms with Crippen molar-refractivity contribution in [3.8, 4) is 0 Å². The van der Waals surface area contributed by atoms with E-state index in [-0.39, 0.29) is 23.4 Å². The SMILES string of the molecule is Cc1cc(NC(=O)CSc2ccc(F)cc2)ccc1N1CCCCC1=O. The van der Waals surface area contributed by atoms with E-state index in [1.807, 2.05) is 30.0 Å². The van der Waals surface area contributed by atoms with E-state index in [0.717, 1.165) is 35.5 Å². The molecular weight excluding hydrogens is 351 g/mol. The first kappa shape index (κ1) is 18.5. The Morgan fingerprint density at radius 1 is 1.19 bits per heavy atom. The van der Waals surface area contributed by atoms with Gasteiger partial charge in [-0.25, -0.2) is 4.39 Å². The number of thioether (sulfide) groups is 1. The van der Waals surface area contributed by atoms with Crippen LogP contribution >= 0.6 is 11.8 Å². The zero-order chi connectivity index (χ0) is 18.5. The molecule has 26 heavy (non-hydrogen) atoms. The Bertz CT molecular complexity index is 808. The monoisotopic (exact) mass is 372 g/mol. The van der Waals surface area contributed by atoms with Crippen molar-refractivity contribution in [1.82, 2.24) is 0 Å². The molecule has 2 aromatic rings. The molecule has 1 N–H and O–H groups in total. The van der Waals surface area contributed by atoms with Crippen molar-refractivity contribution in [3.63, 3.8) is 0 Å². The molecule has 0 bridgehead atoms. The van der Waals surface area contributed by atoms with E-state index in [1.54, 1.807) is 12.1 Å². The van der Waals surface area contributed by atoms with Crippen LogP contribution in [0.15, 0.2) is 47.4 Å². The van der Waals surface area contributed by atoms with Crippen molar-refractivity contribution >= 4 is 35.0 Å². The van der Waals surface area contributed by atoms with Gasteiger partial charge in [0.15, 0.2) is 0 Å². The van der Waals surface area contributed by atoms with Crippen molar-refractivity contribution in [2.45, 2.75) is 31.1 Å². The van der Waals surface area contributed by atoms with Crippen molar-refractivity contribution < 1.29 is 14.0 Å². The van der Waals surface area contributed by atoms with Crippen LogP contribution in [0.25, 0.3) is 0 Å². The molecule has 1 aliphatic rings. The van der Waals surface area contributed by atoms with E-state index in [1.165, 1.54) is 23.9 Å². The number of rotatable bonds is 5. The highest BCUT2D eigenvalue weighted by atomic mass is 32.2. The van der Waals surface area contributed by atoms with Gasteiger partial charge >= 0.3 is 0 Å². The Morgan fingerprint density at radius 3 is 2.65 bits per heavy atom. The van der Waals surface area contributed by atoms with Gasteiger partial charge < -0.3 is 10.2 Å². The van der Waals surface area contributed by atoms with E-state index >= 15 is 0 Å². The molecule has 0 radical (unpaired) electrons. The summed E-state index contributed by atoms with van der Waals surface area (Å²) in [5.41, 5.74) is 2.58. The quantitative estimate of drug-likeness (QED) is 0.793. The van der Waals surface area contributed by atoms with E-state index in [0.29, 0.717) is 12.1 Å². The molecule has 1 fully saturated rings. The highest BCUT2D eigenvalue weighted by Gasteiger charge is 2.21. The number of aryl methyl sites for hydroxylation is 1. The molecule has 136 valence electrons. The van der Waals surface area contributed by atoms with Crippen LogP contribution in [0.2, 0.25) is 0 Å². The van der Waals surface area contributed by atoms with Gasteiger partial charge in [0.1, 0.15) is 5.82 Å². The highest BCUT2D eigenvalue weighted by molar-refractivity contribution is 8.00. The molecule has 2 aromatic carbocycles. The lowest BCUT2D eigenvalue weighted by molar-refractivity contribution is -0.119. The molecule has 0 unspecified atom stereocenters. The van der Waals surface area contributed by atoms with Gasteiger partial charge in [-0.2, -0.15) is 0 Å². The molecule has 0 spiro atoms. The van der Waals surface area contributed by atoms with Gasteiger partial charge in [0.25, 0.3) is 0 Å². The van der Waals surface area contributed by atoms with Gasteiger partial charge in [0.2, 0.25) is 11.8 Å². The highest BCUT2D eigenvalue weighted by Crippen LogP contribution is 2.27. The Balaban J connectivity index is 1.59. The van der Waals surface area contributed by atoms with Crippen LogP contribution in [-0.2, 0) is 9.59 Å². The van der Waals surface area contributed by atoms with Crippen molar-refractivity contribution in [2.24, 2.45) is 0 Å². The summed E-state index contributed by atoms with van der Waals surface area (Å²) in [6.45, 7) is 2.69. The van der Waals surface area contributed by atoms with Crippen LogP contribution in [0.5, 0.6) is 0 Å². The standard InChI is InChI=1S/C20H21FN2O2S/c1-14-12-16(7-10-18(14)23-11-3-2-4-20(23)25)22-19(24)13-26-17-8-5-15(21)6-9-17/h5-10,12H,2-4,11,13H2,1H3,(H,22,24). The molecule has 0 aliphatic carbocycles.